The zero-order valence-corrected chi connectivity index (χ0v) is 17.8. The van der Waals surface area contributed by atoms with Gasteiger partial charge < -0.3 is 9.15 Å². The first-order valence-corrected chi connectivity index (χ1v) is 11.0. The topological polar surface area (TPSA) is 111 Å². The molecule has 8 nitrogen and oxygen atoms in total. The van der Waals surface area contributed by atoms with Crippen LogP contribution >= 0.6 is 0 Å². The molecular weight excluding hydrogens is 406 g/mol. The summed E-state index contributed by atoms with van der Waals surface area (Å²) in [7, 11) is -2.10. The van der Waals surface area contributed by atoms with Crippen LogP contribution < -0.4 is 10.1 Å². The lowest BCUT2D eigenvalue weighted by molar-refractivity contribution is -0.116. The van der Waals surface area contributed by atoms with Crippen LogP contribution in [0, 0.1) is 13.8 Å². The molecule has 0 unspecified atom stereocenters. The summed E-state index contributed by atoms with van der Waals surface area (Å²) in [6.07, 6.45) is 0.212. The van der Waals surface area contributed by atoms with Crippen LogP contribution in [0.3, 0.4) is 0 Å². The van der Waals surface area contributed by atoms with Crippen molar-refractivity contribution >= 4 is 21.8 Å². The molecule has 9 heteroatoms. The molecule has 0 atom stereocenters. The Morgan fingerprint density at radius 3 is 2.50 bits per heavy atom. The van der Waals surface area contributed by atoms with Crippen molar-refractivity contribution in [2.45, 2.75) is 31.6 Å². The Balaban J connectivity index is 1.56. The van der Waals surface area contributed by atoms with Crippen molar-refractivity contribution in [1.82, 2.24) is 10.2 Å². The lowest BCUT2D eigenvalue weighted by Gasteiger charge is -2.05. The molecule has 0 saturated heterocycles. The first-order valence-electron chi connectivity index (χ1n) is 9.32. The number of benzene rings is 2. The van der Waals surface area contributed by atoms with Gasteiger partial charge in [-0.15, -0.1) is 5.10 Å². The second-order valence-corrected chi connectivity index (χ2v) is 9.01. The lowest BCUT2D eigenvalue weighted by atomic mass is 10.0. The van der Waals surface area contributed by atoms with Crippen molar-refractivity contribution < 1.29 is 22.4 Å². The zero-order chi connectivity index (χ0) is 21.7. The van der Waals surface area contributed by atoms with Crippen molar-refractivity contribution in [3.05, 3.63) is 65.0 Å². The van der Waals surface area contributed by atoms with Crippen LogP contribution in [0.1, 0.15) is 29.0 Å². The van der Waals surface area contributed by atoms with E-state index in [2.05, 4.69) is 21.6 Å². The molecule has 1 amide bonds. The van der Waals surface area contributed by atoms with Crippen molar-refractivity contribution in [3.8, 4) is 5.75 Å². The minimum absolute atomic E-state index is 0.0541. The van der Waals surface area contributed by atoms with Gasteiger partial charge in [0.25, 0.3) is 0 Å². The van der Waals surface area contributed by atoms with Crippen LogP contribution in [0.25, 0.3) is 0 Å². The Hall–Kier alpha value is -3.20. The number of aryl methyl sites for hydroxylation is 2. The molecule has 0 radical (unpaired) electrons. The quantitative estimate of drug-likeness (QED) is 0.586. The molecule has 1 aromatic heterocycles. The van der Waals surface area contributed by atoms with Gasteiger partial charge in [0.2, 0.25) is 11.8 Å². The number of sulfone groups is 1. The second-order valence-electron chi connectivity index (χ2n) is 6.90. The Labute approximate surface area is 175 Å². The molecule has 158 valence electrons. The number of ether oxygens (including phenoxy) is 1. The Morgan fingerprint density at radius 1 is 1.10 bits per heavy atom. The fourth-order valence-corrected chi connectivity index (χ4v) is 4.13. The Morgan fingerprint density at radius 2 is 1.83 bits per heavy atom. The van der Waals surface area contributed by atoms with Gasteiger partial charge in [-0.3, -0.25) is 10.1 Å². The molecule has 1 heterocycles. The van der Waals surface area contributed by atoms with E-state index < -0.39 is 15.7 Å². The molecule has 0 fully saturated rings. The van der Waals surface area contributed by atoms with E-state index in [1.165, 1.54) is 24.8 Å². The van der Waals surface area contributed by atoms with Gasteiger partial charge in [0.05, 0.1) is 24.2 Å². The highest BCUT2D eigenvalue weighted by Crippen LogP contribution is 2.18. The number of aromatic nitrogens is 2. The highest BCUT2D eigenvalue weighted by molar-refractivity contribution is 7.91. The molecule has 0 aliphatic carbocycles. The maximum atomic E-state index is 12.4. The zero-order valence-electron chi connectivity index (χ0n) is 17.0. The summed E-state index contributed by atoms with van der Waals surface area (Å²) in [6.45, 7) is 4.02. The highest BCUT2D eigenvalue weighted by atomic mass is 32.2. The minimum atomic E-state index is -3.60. The number of methoxy groups -OCH3 is 1. The first kappa shape index (κ1) is 21.5. The predicted molar refractivity (Wildman–Crippen MR) is 111 cm³/mol. The van der Waals surface area contributed by atoms with E-state index >= 15 is 0 Å². The highest BCUT2D eigenvalue weighted by Gasteiger charge is 2.18. The van der Waals surface area contributed by atoms with Crippen LogP contribution in [-0.4, -0.2) is 37.4 Å². The van der Waals surface area contributed by atoms with Gasteiger partial charge in [0.1, 0.15) is 5.75 Å². The monoisotopic (exact) mass is 429 g/mol. The van der Waals surface area contributed by atoms with E-state index in [1.54, 1.807) is 12.1 Å². The molecule has 3 aromatic rings. The van der Waals surface area contributed by atoms with Crippen LogP contribution in [0.5, 0.6) is 5.75 Å². The minimum Gasteiger partial charge on any atom is -0.497 e. The average molecular weight is 429 g/mol. The van der Waals surface area contributed by atoms with Gasteiger partial charge in [0.15, 0.2) is 9.84 Å². The second kappa shape index (κ2) is 9.08. The summed E-state index contributed by atoms with van der Waals surface area (Å²) in [6, 6.07) is 12.0. The third-order valence-corrected chi connectivity index (χ3v) is 6.30. The number of carbonyl (C=O) groups is 1. The lowest BCUT2D eigenvalue weighted by Crippen LogP contribution is -2.17. The number of nitrogens with one attached hydrogen (secondary N) is 1. The smallest absolute Gasteiger partial charge is 0.322 e. The SMILES string of the molecule is COc1ccc(S(=O)(=O)CCC(=O)Nc2nnc(Cc3ccc(C)cc3C)o2)cc1. The molecule has 3 rings (SSSR count). The van der Waals surface area contributed by atoms with Crippen LogP contribution in [0.4, 0.5) is 6.01 Å². The van der Waals surface area contributed by atoms with Gasteiger partial charge in [-0.1, -0.05) is 28.9 Å². The van der Waals surface area contributed by atoms with E-state index in [4.69, 9.17) is 9.15 Å². The van der Waals surface area contributed by atoms with Gasteiger partial charge in [-0.25, -0.2) is 8.42 Å². The molecule has 0 spiro atoms. The number of anilines is 1. The maximum absolute atomic E-state index is 12.4. The number of hydrogen-bond acceptors (Lipinski definition) is 7. The summed E-state index contributed by atoms with van der Waals surface area (Å²) in [5.74, 6) is 0.0611. The third kappa shape index (κ3) is 5.44. The molecule has 0 aliphatic rings. The van der Waals surface area contributed by atoms with Gasteiger partial charge in [0, 0.05) is 6.42 Å². The summed E-state index contributed by atoms with van der Waals surface area (Å²) >= 11 is 0. The van der Waals surface area contributed by atoms with Crippen molar-refractivity contribution in [3.63, 3.8) is 0 Å². The van der Waals surface area contributed by atoms with Crippen molar-refractivity contribution in [2.75, 3.05) is 18.2 Å². The van der Waals surface area contributed by atoms with Crippen LogP contribution in [0.2, 0.25) is 0 Å². The van der Waals surface area contributed by atoms with Crippen molar-refractivity contribution in [2.24, 2.45) is 0 Å². The van der Waals surface area contributed by atoms with E-state index in [9.17, 15) is 13.2 Å². The fraction of sp³-hybridized carbons (Fsp3) is 0.286. The van der Waals surface area contributed by atoms with Gasteiger partial charge >= 0.3 is 6.01 Å². The predicted octanol–water partition coefficient (Wildman–Crippen LogP) is 3.09. The summed E-state index contributed by atoms with van der Waals surface area (Å²) in [4.78, 5) is 12.3. The number of rotatable bonds is 8. The number of nitrogens with zero attached hydrogens (tertiary/aromatic N) is 2. The first-order chi connectivity index (χ1) is 14.3. The van der Waals surface area contributed by atoms with Crippen LogP contribution in [-0.2, 0) is 21.1 Å². The Kier molecular flexibility index (Phi) is 6.51. The van der Waals surface area contributed by atoms with Crippen LogP contribution in [0.15, 0.2) is 51.8 Å². The molecule has 2 aromatic carbocycles. The number of amides is 1. The van der Waals surface area contributed by atoms with Gasteiger partial charge in [-0.05, 0) is 49.2 Å². The average Bonchev–Trinajstić information content (AvgIpc) is 3.15. The third-order valence-electron chi connectivity index (χ3n) is 4.57. The van der Waals surface area contributed by atoms with E-state index in [0.29, 0.717) is 18.1 Å². The maximum Gasteiger partial charge on any atom is 0.322 e. The number of hydrogen-bond donors (Lipinski definition) is 1. The molecule has 0 bridgehead atoms. The molecule has 1 N–H and O–H groups in total. The molecule has 0 aliphatic heterocycles. The number of carbonyl (C=O) groups excluding carboxylic acids is 1. The summed E-state index contributed by atoms with van der Waals surface area (Å²) in [5, 5.41) is 10.2. The van der Waals surface area contributed by atoms with Crippen molar-refractivity contribution in [1.29, 1.82) is 0 Å². The standard InChI is InChI=1S/C21H23N3O5S/c1-14-4-5-16(15(2)12-14)13-20-23-24-21(29-20)22-19(25)10-11-30(26,27)18-8-6-17(28-3)7-9-18/h4-9,12H,10-11,13H2,1-3H3,(H,22,24,25). The normalized spacial score (nSPS) is 11.3. The van der Waals surface area contributed by atoms with E-state index in [0.717, 1.165) is 11.1 Å². The summed E-state index contributed by atoms with van der Waals surface area (Å²) < 4.78 is 35.2. The van der Waals surface area contributed by atoms with Gasteiger partial charge in [-0.2, -0.15) is 0 Å². The Bertz CT molecular complexity index is 1140. The fourth-order valence-electron chi connectivity index (χ4n) is 2.89. The molecular formula is C21H23N3O5S. The van der Waals surface area contributed by atoms with E-state index in [1.807, 2.05) is 26.0 Å². The summed E-state index contributed by atoms with van der Waals surface area (Å²) in [5.41, 5.74) is 3.33. The largest absolute Gasteiger partial charge is 0.497 e. The molecule has 30 heavy (non-hydrogen) atoms. The molecule has 0 saturated carbocycles. The van der Waals surface area contributed by atoms with E-state index in [-0.39, 0.29) is 23.1 Å².